The lowest BCUT2D eigenvalue weighted by Crippen LogP contribution is -2.32. The van der Waals surface area contributed by atoms with E-state index < -0.39 is 0 Å². The van der Waals surface area contributed by atoms with Crippen molar-refractivity contribution in [3.63, 3.8) is 0 Å². The fraction of sp³-hybridized carbons (Fsp3) is 0.391. The maximum absolute atomic E-state index is 13.0. The van der Waals surface area contributed by atoms with E-state index in [2.05, 4.69) is 5.32 Å². The lowest BCUT2D eigenvalue weighted by molar-refractivity contribution is 0.0762. The van der Waals surface area contributed by atoms with Crippen LogP contribution in [0.2, 0.25) is 0 Å². The topological polar surface area (TPSA) is 58.6 Å². The number of carbonyl (C=O) groups excluding carboxylic acids is 2. The van der Waals surface area contributed by atoms with E-state index in [1.807, 2.05) is 24.0 Å². The monoisotopic (exact) mass is 380 g/mol. The summed E-state index contributed by atoms with van der Waals surface area (Å²) in [6.45, 7) is 4.25. The zero-order chi connectivity index (χ0) is 19.8. The molecule has 0 aliphatic carbocycles. The molecule has 1 heterocycles. The van der Waals surface area contributed by atoms with Crippen LogP contribution in [0, 0.1) is 0 Å². The van der Waals surface area contributed by atoms with Crippen molar-refractivity contribution in [2.75, 3.05) is 25.0 Å². The lowest BCUT2D eigenvalue weighted by atomic mass is 10.1. The van der Waals surface area contributed by atoms with Gasteiger partial charge in [-0.05, 0) is 55.7 Å². The van der Waals surface area contributed by atoms with Gasteiger partial charge in [-0.2, -0.15) is 0 Å². The highest BCUT2D eigenvalue weighted by Gasteiger charge is 2.20. The third-order valence-corrected chi connectivity index (χ3v) is 4.89. The molecule has 3 rings (SSSR count). The van der Waals surface area contributed by atoms with E-state index >= 15 is 0 Å². The summed E-state index contributed by atoms with van der Waals surface area (Å²) < 4.78 is 5.55. The molecular formula is C23H28N2O3. The number of nitrogens with one attached hydrogen (secondary N) is 1. The number of hydrogen-bond acceptors (Lipinski definition) is 3. The number of benzene rings is 2. The molecule has 5 heteroatoms. The van der Waals surface area contributed by atoms with Gasteiger partial charge in [-0.1, -0.05) is 31.9 Å². The maximum atomic E-state index is 13.0. The molecule has 2 amide bonds. The SMILES string of the molecule is CCCOc1ccc(C(=O)Nc2ccccc2C(=O)N2CCCCCC2)cc1. The number of likely N-dealkylation sites (tertiary alicyclic amines) is 1. The average molecular weight is 380 g/mol. The van der Waals surface area contributed by atoms with Crippen LogP contribution in [-0.2, 0) is 0 Å². The minimum Gasteiger partial charge on any atom is -0.494 e. The van der Waals surface area contributed by atoms with Crippen LogP contribution in [0.5, 0.6) is 5.75 Å². The van der Waals surface area contributed by atoms with Crippen LogP contribution in [0.4, 0.5) is 5.69 Å². The van der Waals surface area contributed by atoms with Gasteiger partial charge in [0, 0.05) is 18.7 Å². The van der Waals surface area contributed by atoms with Crippen molar-refractivity contribution >= 4 is 17.5 Å². The molecule has 1 fully saturated rings. The van der Waals surface area contributed by atoms with E-state index in [0.29, 0.717) is 23.4 Å². The summed E-state index contributed by atoms with van der Waals surface area (Å²) in [6, 6.07) is 14.3. The zero-order valence-electron chi connectivity index (χ0n) is 16.4. The first-order valence-corrected chi connectivity index (χ1v) is 10.1. The van der Waals surface area contributed by atoms with Crippen LogP contribution >= 0.6 is 0 Å². The van der Waals surface area contributed by atoms with Gasteiger partial charge in [0.05, 0.1) is 17.9 Å². The van der Waals surface area contributed by atoms with E-state index in [4.69, 9.17) is 4.74 Å². The minimum absolute atomic E-state index is 0.0129. The predicted octanol–water partition coefficient (Wildman–Crippen LogP) is 4.74. The molecule has 5 nitrogen and oxygen atoms in total. The fourth-order valence-corrected chi connectivity index (χ4v) is 3.34. The third kappa shape index (κ3) is 5.12. The van der Waals surface area contributed by atoms with Gasteiger partial charge in [-0.3, -0.25) is 9.59 Å². The Morgan fingerprint density at radius 2 is 1.64 bits per heavy atom. The number of ether oxygens (including phenoxy) is 1. The first-order valence-electron chi connectivity index (χ1n) is 10.1. The van der Waals surface area contributed by atoms with Crippen LogP contribution in [0.25, 0.3) is 0 Å². The van der Waals surface area contributed by atoms with Gasteiger partial charge in [0.1, 0.15) is 5.75 Å². The van der Waals surface area contributed by atoms with Crippen LogP contribution < -0.4 is 10.1 Å². The van der Waals surface area contributed by atoms with Gasteiger partial charge < -0.3 is 15.0 Å². The number of hydrogen-bond donors (Lipinski definition) is 1. The number of para-hydroxylation sites is 1. The van der Waals surface area contributed by atoms with Crippen molar-refractivity contribution in [1.82, 2.24) is 4.90 Å². The summed E-state index contributed by atoms with van der Waals surface area (Å²) in [6.07, 6.45) is 5.34. The molecule has 1 N–H and O–H groups in total. The molecule has 1 saturated heterocycles. The Kier molecular flexibility index (Phi) is 7.06. The molecule has 28 heavy (non-hydrogen) atoms. The first kappa shape index (κ1) is 19.9. The molecule has 1 aliphatic heterocycles. The smallest absolute Gasteiger partial charge is 0.255 e. The summed E-state index contributed by atoms with van der Waals surface area (Å²) in [7, 11) is 0. The van der Waals surface area contributed by atoms with Gasteiger partial charge in [0.2, 0.25) is 0 Å². The number of rotatable bonds is 6. The van der Waals surface area contributed by atoms with E-state index in [-0.39, 0.29) is 11.8 Å². The van der Waals surface area contributed by atoms with Gasteiger partial charge >= 0.3 is 0 Å². The molecule has 1 aliphatic rings. The summed E-state index contributed by atoms with van der Waals surface area (Å²) in [4.78, 5) is 27.6. The highest BCUT2D eigenvalue weighted by Crippen LogP contribution is 2.21. The zero-order valence-corrected chi connectivity index (χ0v) is 16.4. The minimum atomic E-state index is -0.238. The second kappa shape index (κ2) is 9.93. The molecule has 0 radical (unpaired) electrons. The highest BCUT2D eigenvalue weighted by molar-refractivity contribution is 6.09. The van der Waals surface area contributed by atoms with Crippen molar-refractivity contribution in [3.8, 4) is 5.75 Å². The fourth-order valence-electron chi connectivity index (χ4n) is 3.34. The molecule has 0 bridgehead atoms. The second-order valence-corrected chi connectivity index (χ2v) is 7.08. The Hall–Kier alpha value is -2.82. The molecular weight excluding hydrogens is 352 g/mol. The second-order valence-electron chi connectivity index (χ2n) is 7.08. The van der Waals surface area contributed by atoms with E-state index in [1.165, 1.54) is 12.8 Å². The van der Waals surface area contributed by atoms with Gasteiger partial charge in [0.15, 0.2) is 0 Å². The summed E-state index contributed by atoms with van der Waals surface area (Å²) in [5.41, 5.74) is 1.62. The van der Waals surface area contributed by atoms with E-state index in [0.717, 1.165) is 38.1 Å². The van der Waals surface area contributed by atoms with Crippen molar-refractivity contribution in [2.45, 2.75) is 39.0 Å². The summed E-state index contributed by atoms with van der Waals surface area (Å²) in [5.74, 6) is 0.495. The largest absolute Gasteiger partial charge is 0.494 e. The molecule has 0 saturated carbocycles. The number of carbonyl (C=O) groups is 2. The Morgan fingerprint density at radius 3 is 2.32 bits per heavy atom. The molecule has 2 aromatic carbocycles. The lowest BCUT2D eigenvalue weighted by Gasteiger charge is -2.22. The normalized spacial score (nSPS) is 14.2. The Morgan fingerprint density at radius 1 is 0.964 bits per heavy atom. The number of nitrogens with zero attached hydrogens (tertiary/aromatic N) is 1. The van der Waals surface area contributed by atoms with Crippen molar-refractivity contribution in [3.05, 3.63) is 59.7 Å². The molecule has 0 aromatic heterocycles. The number of amides is 2. The predicted molar refractivity (Wildman–Crippen MR) is 111 cm³/mol. The van der Waals surface area contributed by atoms with Crippen molar-refractivity contribution < 1.29 is 14.3 Å². The summed E-state index contributed by atoms with van der Waals surface area (Å²) >= 11 is 0. The van der Waals surface area contributed by atoms with Crippen LogP contribution in [0.15, 0.2) is 48.5 Å². The molecule has 0 atom stereocenters. The van der Waals surface area contributed by atoms with Gasteiger partial charge in [-0.15, -0.1) is 0 Å². The Bertz CT molecular complexity index is 794. The van der Waals surface area contributed by atoms with Gasteiger partial charge in [0.25, 0.3) is 11.8 Å². The van der Waals surface area contributed by atoms with E-state index in [1.54, 1.807) is 36.4 Å². The van der Waals surface area contributed by atoms with Crippen LogP contribution in [-0.4, -0.2) is 36.4 Å². The van der Waals surface area contributed by atoms with E-state index in [9.17, 15) is 9.59 Å². The highest BCUT2D eigenvalue weighted by atomic mass is 16.5. The third-order valence-electron chi connectivity index (χ3n) is 4.89. The molecule has 0 unspecified atom stereocenters. The van der Waals surface area contributed by atoms with Crippen LogP contribution in [0.3, 0.4) is 0 Å². The van der Waals surface area contributed by atoms with Gasteiger partial charge in [-0.25, -0.2) is 0 Å². The molecule has 148 valence electrons. The number of anilines is 1. The van der Waals surface area contributed by atoms with Crippen LogP contribution in [0.1, 0.15) is 59.7 Å². The maximum Gasteiger partial charge on any atom is 0.255 e. The van der Waals surface area contributed by atoms with Crippen molar-refractivity contribution in [2.24, 2.45) is 0 Å². The first-order chi connectivity index (χ1) is 13.7. The molecule has 0 spiro atoms. The standard InChI is InChI=1S/C23H28N2O3/c1-2-17-28-19-13-11-18(12-14-19)22(26)24-21-10-6-5-9-20(21)23(27)25-15-7-3-4-8-16-25/h5-6,9-14H,2-4,7-8,15-17H2,1H3,(H,24,26). The Labute approximate surface area is 166 Å². The quantitative estimate of drug-likeness (QED) is 0.787. The Balaban J connectivity index is 1.71. The summed E-state index contributed by atoms with van der Waals surface area (Å²) in [5, 5.41) is 2.90. The average Bonchev–Trinajstić information content (AvgIpc) is 3.02. The molecule has 2 aromatic rings. The van der Waals surface area contributed by atoms with Crippen molar-refractivity contribution in [1.29, 1.82) is 0 Å².